The van der Waals surface area contributed by atoms with Gasteiger partial charge in [0.2, 0.25) is 0 Å². The maximum atomic E-state index is 13.6. The topological polar surface area (TPSA) is 12.0 Å². The fraction of sp³-hybridized carbons (Fsp3) is 0.500. The van der Waals surface area contributed by atoms with Crippen LogP contribution < -0.4 is 5.32 Å². The van der Waals surface area contributed by atoms with Crippen molar-refractivity contribution in [1.29, 1.82) is 0 Å². The highest BCUT2D eigenvalue weighted by Gasteiger charge is 2.17. The van der Waals surface area contributed by atoms with Crippen molar-refractivity contribution in [3.63, 3.8) is 0 Å². The third-order valence-corrected chi connectivity index (χ3v) is 2.84. The molecule has 84 valence electrons. The molecule has 0 aromatic heterocycles. The monoisotopic (exact) mass is 229 g/mol. The molecule has 1 aromatic rings. The molecule has 0 radical (unpaired) electrons. The molecule has 0 bridgehead atoms. The molecule has 0 aliphatic carbocycles. The number of benzene rings is 1. The van der Waals surface area contributed by atoms with Crippen molar-refractivity contribution in [2.75, 3.05) is 6.54 Å². The highest BCUT2D eigenvalue weighted by molar-refractivity contribution is 5.85. The molecule has 1 heterocycles. The van der Waals surface area contributed by atoms with Crippen molar-refractivity contribution in [2.45, 2.75) is 32.2 Å². The van der Waals surface area contributed by atoms with Gasteiger partial charge in [0.25, 0.3) is 0 Å². The van der Waals surface area contributed by atoms with Crippen molar-refractivity contribution in [3.05, 3.63) is 35.1 Å². The summed E-state index contributed by atoms with van der Waals surface area (Å²) < 4.78 is 13.6. The molecule has 1 atom stereocenters. The summed E-state index contributed by atoms with van der Waals surface area (Å²) in [4.78, 5) is 0. The van der Waals surface area contributed by atoms with Crippen molar-refractivity contribution >= 4 is 12.4 Å². The van der Waals surface area contributed by atoms with Crippen molar-refractivity contribution in [2.24, 2.45) is 0 Å². The first kappa shape index (κ1) is 12.5. The molecule has 15 heavy (non-hydrogen) atoms. The molecule has 3 heteroatoms. The van der Waals surface area contributed by atoms with Gasteiger partial charge in [-0.3, -0.25) is 0 Å². The average Bonchev–Trinajstić information content (AvgIpc) is 2.19. The van der Waals surface area contributed by atoms with Gasteiger partial charge in [-0.05, 0) is 37.9 Å². The lowest BCUT2D eigenvalue weighted by Crippen LogP contribution is -2.27. The van der Waals surface area contributed by atoms with Gasteiger partial charge in [-0.15, -0.1) is 12.4 Å². The summed E-state index contributed by atoms with van der Waals surface area (Å²) in [7, 11) is 0. The number of hydrogen-bond acceptors (Lipinski definition) is 1. The van der Waals surface area contributed by atoms with Gasteiger partial charge in [0.1, 0.15) is 5.82 Å². The molecule has 0 spiro atoms. The van der Waals surface area contributed by atoms with E-state index in [1.165, 1.54) is 12.8 Å². The molecule has 1 aliphatic rings. The lowest BCUT2D eigenvalue weighted by molar-refractivity contribution is 0.400. The van der Waals surface area contributed by atoms with Crippen LogP contribution in [0.15, 0.2) is 18.2 Å². The van der Waals surface area contributed by atoms with Crippen LogP contribution in [0.4, 0.5) is 4.39 Å². The molecule has 0 saturated carbocycles. The van der Waals surface area contributed by atoms with E-state index in [0.29, 0.717) is 0 Å². The van der Waals surface area contributed by atoms with Gasteiger partial charge in [0.05, 0.1) is 0 Å². The zero-order valence-corrected chi connectivity index (χ0v) is 9.74. The van der Waals surface area contributed by atoms with Gasteiger partial charge in [0, 0.05) is 11.6 Å². The van der Waals surface area contributed by atoms with Crippen LogP contribution in [0.3, 0.4) is 0 Å². The van der Waals surface area contributed by atoms with E-state index in [9.17, 15) is 4.39 Å². The maximum Gasteiger partial charge on any atom is 0.128 e. The fourth-order valence-corrected chi connectivity index (χ4v) is 2.03. The number of aryl methyl sites for hydroxylation is 1. The highest BCUT2D eigenvalue weighted by Crippen LogP contribution is 2.25. The van der Waals surface area contributed by atoms with Crippen LogP contribution in [-0.4, -0.2) is 6.54 Å². The van der Waals surface area contributed by atoms with Crippen molar-refractivity contribution in [1.82, 2.24) is 5.32 Å². The second kappa shape index (κ2) is 5.47. The lowest BCUT2D eigenvalue weighted by atomic mass is 9.96. The summed E-state index contributed by atoms with van der Waals surface area (Å²) in [6.07, 6.45) is 3.47. The summed E-state index contributed by atoms with van der Waals surface area (Å²) in [5, 5.41) is 3.36. The molecule has 2 rings (SSSR count). The molecule has 1 nitrogen and oxygen atoms in total. The molecule has 1 saturated heterocycles. The first-order valence-electron chi connectivity index (χ1n) is 5.27. The smallest absolute Gasteiger partial charge is 0.128 e. The largest absolute Gasteiger partial charge is 0.310 e. The van der Waals surface area contributed by atoms with Crippen LogP contribution >= 0.6 is 12.4 Å². The summed E-state index contributed by atoms with van der Waals surface area (Å²) in [6.45, 7) is 2.93. The summed E-state index contributed by atoms with van der Waals surface area (Å²) in [5.41, 5.74) is 1.82. The number of hydrogen-bond donors (Lipinski definition) is 1. The van der Waals surface area contributed by atoms with Crippen LogP contribution in [-0.2, 0) is 0 Å². The Labute approximate surface area is 96.5 Å². The zero-order chi connectivity index (χ0) is 9.97. The Kier molecular flexibility index (Phi) is 4.55. The van der Waals surface area contributed by atoms with Crippen molar-refractivity contribution in [3.8, 4) is 0 Å². The second-order valence-corrected chi connectivity index (χ2v) is 4.03. The van der Waals surface area contributed by atoms with Gasteiger partial charge in [-0.2, -0.15) is 0 Å². The number of rotatable bonds is 1. The van der Waals surface area contributed by atoms with Gasteiger partial charge in [-0.25, -0.2) is 4.39 Å². The fourth-order valence-electron chi connectivity index (χ4n) is 2.03. The average molecular weight is 230 g/mol. The second-order valence-electron chi connectivity index (χ2n) is 4.03. The van der Waals surface area contributed by atoms with E-state index >= 15 is 0 Å². The Balaban J connectivity index is 0.00000112. The predicted octanol–water partition coefficient (Wildman–Crippen LogP) is 3.37. The van der Waals surface area contributed by atoms with E-state index in [2.05, 4.69) is 5.32 Å². The van der Waals surface area contributed by atoms with Crippen LogP contribution in [0.25, 0.3) is 0 Å². The normalized spacial score (nSPS) is 20.8. The zero-order valence-electron chi connectivity index (χ0n) is 8.92. The van der Waals surface area contributed by atoms with Gasteiger partial charge < -0.3 is 5.32 Å². The van der Waals surface area contributed by atoms with Crippen LogP contribution in [0.1, 0.15) is 36.4 Å². The summed E-state index contributed by atoms with van der Waals surface area (Å²) >= 11 is 0. The molecular formula is C12H17ClFN. The number of piperidine rings is 1. The van der Waals surface area contributed by atoms with Crippen LogP contribution in [0.2, 0.25) is 0 Å². The number of nitrogens with one attached hydrogen (secondary N) is 1. The third kappa shape index (κ3) is 2.93. The van der Waals surface area contributed by atoms with E-state index in [4.69, 9.17) is 0 Å². The van der Waals surface area contributed by atoms with E-state index in [1.54, 1.807) is 6.07 Å². The van der Waals surface area contributed by atoms with E-state index < -0.39 is 0 Å². The molecular weight excluding hydrogens is 213 g/mol. The maximum absolute atomic E-state index is 13.6. The molecule has 0 amide bonds. The molecule has 1 aliphatic heterocycles. The Morgan fingerprint density at radius 1 is 1.33 bits per heavy atom. The lowest BCUT2D eigenvalue weighted by Gasteiger charge is -2.24. The molecule has 1 fully saturated rings. The molecule has 1 N–H and O–H groups in total. The van der Waals surface area contributed by atoms with Gasteiger partial charge in [0.15, 0.2) is 0 Å². The van der Waals surface area contributed by atoms with Gasteiger partial charge >= 0.3 is 0 Å². The minimum absolute atomic E-state index is 0. The van der Waals surface area contributed by atoms with Crippen molar-refractivity contribution < 1.29 is 4.39 Å². The first-order valence-corrected chi connectivity index (χ1v) is 5.27. The van der Waals surface area contributed by atoms with Crippen LogP contribution in [0.5, 0.6) is 0 Å². The standard InChI is InChI=1S/C12H16FN.ClH/c1-9-5-6-10(11(13)8-9)12-4-2-3-7-14-12;/h5-6,8,12,14H,2-4,7H2,1H3;1H/t12-;/m0./s1. The number of halogens is 2. The predicted molar refractivity (Wildman–Crippen MR) is 63.0 cm³/mol. The van der Waals surface area contributed by atoms with E-state index in [1.807, 2.05) is 19.1 Å². The Morgan fingerprint density at radius 2 is 2.13 bits per heavy atom. The minimum atomic E-state index is -0.0654. The first-order chi connectivity index (χ1) is 6.77. The van der Waals surface area contributed by atoms with Gasteiger partial charge in [-0.1, -0.05) is 18.6 Å². The minimum Gasteiger partial charge on any atom is -0.310 e. The molecule has 0 unspecified atom stereocenters. The third-order valence-electron chi connectivity index (χ3n) is 2.84. The van der Waals surface area contributed by atoms with E-state index in [-0.39, 0.29) is 24.3 Å². The molecule has 1 aromatic carbocycles. The Bertz CT molecular complexity index is 321. The summed E-state index contributed by atoms with van der Waals surface area (Å²) in [6, 6.07) is 5.73. The van der Waals surface area contributed by atoms with Crippen LogP contribution in [0, 0.1) is 12.7 Å². The SMILES string of the molecule is Cc1ccc([C@@H]2CCCCN2)c(F)c1.Cl. The van der Waals surface area contributed by atoms with E-state index in [0.717, 1.165) is 24.1 Å². The quantitative estimate of drug-likeness (QED) is 0.779. The highest BCUT2D eigenvalue weighted by atomic mass is 35.5. The Hall–Kier alpha value is -0.600. The Morgan fingerprint density at radius 3 is 2.73 bits per heavy atom. The summed E-state index contributed by atoms with van der Waals surface area (Å²) in [5.74, 6) is -0.0654.